The molecule has 1 saturated heterocycles. The van der Waals surface area contributed by atoms with Crippen LogP contribution in [-0.2, 0) is 11.3 Å². The number of carbonyl (C=O) groups excluding carboxylic acids is 2. The van der Waals surface area contributed by atoms with E-state index in [2.05, 4.69) is 11.5 Å². The maximum atomic E-state index is 14.3. The van der Waals surface area contributed by atoms with Gasteiger partial charge in [-0.2, -0.15) is 0 Å². The van der Waals surface area contributed by atoms with Crippen molar-refractivity contribution in [1.82, 2.24) is 14.7 Å². The van der Waals surface area contributed by atoms with E-state index in [0.29, 0.717) is 17.7 Å². The van der Waals surface area contributed by atoms with Gasteiger partial charge in [-0.15, -0.1) is 6.58 Å². The average molecular weight is 629 g/mol. The quantitative estimate of drug-likeness (QED) is 0.134. The zero-order valence-electron chi connectivity index (χ0n) is 26.2. The lowest BCUT2D eigenvalue weighted by molar-refractivity contribution is -0.384. The number of benzene rings is 3. The van der Waals surface area contributed by atoms with Gasteiger partial charge < -0.3 is 19.4 Å². The van der Waals surface area contributed by atoms with E-state index in [-0.39, 0.29) is 47.9 Å². The summed E-state index contributed by atoms with van der Waals surface area (Å²) in [6, 6.07) is 22.1. The normalized spacial score (nSPS) is 20.2. The third kappa shape index (κ3) is 7.98. The van der Waals surface area contributed by atoms with Crippen LogP contribution in [0.2, 0.25) is 0 Å². The molecule has 2 amide bonds. The number of hydrogen-bond donors (Lipinski definition) is 0. The number of piperidine rings is 1. The summed E-state index contributed by atoms with van der Waals surface area (Å²) in [6.45, 7) is 6.62. The van der Waals surface area contributed by atoms with Crippen LogP contribution in [0.5, 0.6) is 0 Å². The number of hydrogen-bond acceptors (Lipinski definition) is 6. The number of rotatable bonds is 11. The van der Waals surface area contributed by atoms with Crippen LogP contribution in [-0.4, -0.2) is 76.9 Å². The molecule has 46 heavy (non-hydrogen) atoms. The second kappa shape index (κ2) is 15.1. The monoisotopic (exact) mass is 628 g/mol. The van der Waals surface area contributed by atoms with Gasteiger partial charge in [0.25, 0.3) is 11.6 Å². The van der Waals surface area contributed by atoms with Crippen LogP contribution in [0.15, 0.2) is 91.5 Å². The Kier molecular flexibility index (Phi) is 10.8. The van der Waals surface area contributed by atoms with E-state index in [0.717, 1.165) is 50.9 Å². The Bertz CT molecular complexity index is 1510. The Morgan fingerprint density at radius 2 is 1.74 bits per heavy atom. The fraction of sp³-hybridized carbons (Fsp3) is 0.389. The summed E-state index contributed by atoms with van der Waals surface area (Å²) in [4.78, 5) is 42.8. The van der Waals surface area contributed by atoms with Crippen LogP contribution >= 0.6 is 0 Å². The lowest BCUT2D eigenvalue weighted by Crippen LogP contribution is -2.48. The van der Waals surface area contributed by atoms with E-state index in [1.165, 1.54) is 18.2 Å². The highest BCUT2D eigenvalue weighted by atomic mass is 19.1. The predicted octanol–water partition coefficient (Wildman–Crippen LogP) is 6.66. The number of carbonyl (C=O) groups is 2. The first-order chi connectivity index (χ1) is 22.2. The minimum absolute atomic E-state index is 0.00664. The topological polar surface area (TPSA) is 96.2 Å². The fourth-order valence-corrected chi connectivity index (χ4v) is 6.91. The van der Waals surface area contributed by atoms with Crippen LogP contribution in [0.1, 0.15) is 53.1 Å². The van der Waals surface area contributed by atoms with E-state index in [1.807, 2.05) is 48.3 Å². The molecule has 1 unspecified atom stereocenters. The second-order valence-electron chi connectivity index (χ2n) is 12.3. The zero-order valence-corrected chi connectivity index (χ0v) is 26.2. The lowest BCUT2D eigenvalue weighted by Gasteiger charge is -2.39. The molecule has 9 nitrogen and oxygen atoms in total. The first-order valence-corrected chi connectivity index (χ1v) is 15.8. The standard InChI is InChI=1S/C36H41FN4O5/c1-3-18-40(36(43)46-25-26-12-14-32(15-13-26)41(44)45)31-16-19-39(20-17-31)24-29-22-33(23-34(29)28-10-7-11-30(37)21-28)38(2)35(42)27-8-5-4-6-9-27/h3-15,21,29,31,33-34H,1,16-20,22-25H2,2H3/t29-,33?,34-/m1/s1. The molecule has 0 radical (unpaired) electrons. The third-order valence-corrected chi connectivity index (χ3v) is 9.40. The van der Waals surface area contributed by atoms with Crippen molar-refractivity contribution in [3.8, 4) is 0 Å². The van der Waals surface area contributed by atoms with Crippen molar-refractivity contribution in [2.75, 3.05) is 33.2 Å². The summed E-state index contributed by atoms with van der Waals surface area (Å²) >= 11 is 0. The van der Waals surface area contributed by atoms with Gasteiger partial charge in [0.1, 0.15) is 12.4 Å². The Hall–Kier alpha value is -4.57. The smallest absolute Gasteiger partial charge is 0.410 e. The lowest BCUT2D eigenvalue weighted by atomic mass is 9.88. The largest absolute Gasteiger partial charge is 0.445 e. The van der Waals surface area contributed by atoms with Crippen molar-refractivity contribution in [3.63, 3.8) is 0 Å². The number of ether oxygens (including phenoxy) is 1. The van der Waals surface area contributed by atoms with Crippen LogP contribution in [0, 0.1) is 21.8 Å². The number of non-ortho nitro benzene ring substituents is 1. The van der Waals surface area contributed by atoms with Gasteiger partial charge in [0, 0.05) is 63.0 Å². The molecule has 0 spiro atoms. The molecule has 1 heterocycles. The van der Waals surface area contributed by atoms with Crippen molar-refractivity contribution in [1.29, 1.82) is 0 Å². The van der Waals surface area contributed by atoms with E-state index in [9.17, 15) is 24.1 Å². The van der Waals surface area contributed by atoms with Crippen LogP contribution < -0.4 is 0 Å². The summed E-state index contributed by atoms with van der Waals surface area (Å²) in [5, 5.41) is 10.9. The minimum atomic E-state index is -0.466. The summed E-state index contributed by atoms with van der Waals surface area (Å²) < 4.78 is 19.9. The Labute approximate surface area is 269 Å². The Balaban J connectivity index is 1.20. The summed E-state index contributed by atoms with van der Waals surface area (Å²) in [5.41, 5.74) is 2.29. The molecule has 3 atom stereocenters. The first kappa shape index (κ1) is 32.8. The fourth-order valence-electron chi connectivity index (χ4n) is 6.91. The third-order valence-electron chi connectivity index (χ3n) is 9.40. The number of nitro groups is 1. The molecular formula is C36H41FN4O5. The molecule has 1 saturated carbocycles. The highest BCUT2D eigenvalue weighted by molar-refractivity contribution is 5.94. The van der Waals surface area contributed by atoms with Gasteiger partial charge in [-0.25, -0.2) is 9.18 Å². The summed E-state index contributed by atoms with van der Waals surface area (Å²) in [6.07, 6.45) is 4.39. The first-order valence-electron chi connectivity index (χ1n) is 15.8. The van der Waals surface area contributed by atoms with Crippen LogP contribution in [0.3, 0.4) is 0 Å². The zero-order chi connectivity index (χ0) is 32.6. The van der Waals surface area contributed by atoms with Gasteiger partial charge in [-0.3, -0.25) is 14.9 Å². The number of nitro benzene ring substituents is 1. The van der Waals surface area contributed by atoms with E-state index < -0.39 is 11.0 Å². The van der Waals surface area contributed by atoms with Crippen molar-refractivity contribution < 1.29 is 23.6 Å². The van der Waals surface area contributed by atoms with Gasteiger partial charge in [-0.05, 0) is 85.0 Å². The molecule has 3 aromatic carbocycles. The van der Waals surface area contributed by atoms with Gasteiger partial charge >= 0.3 is 6.09 Å². The molecule has 2 aliphatic rings. The van der Waals surface area contributed by atoms with Crippen LogP contribution in [0.4, 0.5) is 14.9 Å². The highest BCUT2D eigenvalue weighted by Gasteiger charge is 2.40. The highest BCUT2D eigenvalue weighted by Crippen LogP contribution is 2.43. The minimum Gasteiger partial charge on any atom is -0.445 e. The number of amides is 2. The molecule has 0 N–H and O–H groups in total. The van der Waals surface area contributed by atoms with E-state index in [1.54, 1.807) is 35.2 Å². The van der Waals surface area contributed by atoms with Crippen molar-refractivity contribution in [2.45, 2.75) is 50.3 Å². The van der Waals surface area contributed by atoms with Crippen LogP contribution in [0.25, 0.3) is 0 Å². The van der Waals surface area contributed by atoms with Crippen molar-refractivity contribution in [2.24, 2.45) is 5.92 Å². The van der Waals surface area contributed by atoms with Crippen molar-refractivity contribution >= 4 is 17.7 Å². The summed E-state index contributed by atoms with van der Waals surface area (Å²) in [5.74, 6) is 0.103. The van der Waals surface area contributed by atoms with E-state index in [4.69, 9.17) is 4.74 Å². The second-order valence-corrected chi connectivity index (χ2v) is 12.3. The number of nitrogens with zero attached hydrogens (tertiary/aromatic N) is 4. The molecule has 2 fully saturated rings. The Morgan fingerprint density at radius 3 is 2.39 bits per heavy atom. The predicted molar refractivity (Wildman–Crippen MR) is 174 cm³/mol. The molecule has 5 rings (SSSR count). The Morgan fingerprint density at radius 1 is 1.02 bits per heavy atom. The SMILES string of the molecule is C=CCN(C(=O)OCc1ccc([N+](=O)[O-])cc1)C1CCN(C[C@H]2CC(N(C)C(=O)c3ccccc3)C[C@@H]2c2cccc(F)c2)CC1. The number of halogens is 1. The maximum absolute atomic E-state index is 14.3. The molecule has 3 aromatic rings. The summed E-state index contributed by atoms with van der Waals surface area (Å²) in [7, 11) is 1.87. The van der Waals surface area contributed by atoms with E-state index >= 15 is 0 Å². The van der Waals surface area contributed by atoms with Gasteiger partial charge in [0.2, 0.25) is 0 Å². The molecule has 0 bridgehead atoms. The molecule has 0 aromatic heterocycles. The molecule has 1 aliphatic carbocycles. The average Bonchev–Trinajstić information content (AvgIpc) is 3.50. The molecule has 242 valence electrons. The molecular weight excluding hydrogens is 587 g/mol. The van der Waals surface area contributed by atoms with Gasteiger partial charge in [-0.1, -0.05) is 36.4 Å². The van der Waals surface area contributed by atoms with Gasteiger partial charge in [0.05, 0.1) is 4.92 Å². The maximum Gasteiger partial charge on any atom is 0.410 e. The number of likely N-dealkylation sites (tertiary alicyclic amines) is 1. The van der Waals surface area contributed by atoms with Gasteiger partial charge in [0.15, 0.2) is 0 Å². The molecule has 10 heteroatoms. The molecule has 1 aliphatic heterocycles. The van der Waals surface area contributed by atoms with Crippen molar-refractivity contribution in [3.05, 3.63) is 124 Å².